The Morgan fingerprint density at radius 1 is 1.62 bits per heavy atom. The molecule has 0 aromatic carbocycles. The van der Waals surface area contributed by atoms with Gasteiger partial charge in [0.2, 0.25) is 0 Å². The van der Waals surface area contributed by atoms with Gasteiger partial charge in [-0.25, -0.2) is 4.98 Å². The second kappa shape index (κ2) is 5.25. The summed E-state index contributed by atoms with van der Waals surface area (Å²) in [5, 5.41) is 0. The van der Waals surface area contributed by atoms with E-state index in [1.807, 2.05) is 13.8 Å². The number of rotatable bonds is 5. The first-order valence-electron chi connectivity index (χ1n) is 4.33. The second-order valence-electron chi connectivity index (χ2n) is 3.02. The number of halogens is 1. The SMILES string of the molecule is CC(C)OCc1cnc(CCCl)o1. The van der Waals surface area contributed by atoms with Gasteiger partial charge in [-0.1, -0.05) is 0 Å². The Balaban J connectivity index is 2.39. The summed E-state index contributed by atoms with van der Waals surface area (Å²) in [5.74, 6) is 1.97. The molecule has 0 spiro atoms. The van der Waals surface area contributed by atoms with Gasteiger partial charge in [-0.05, 0) is 13.8 Å². The number of ether oxygens (including phenoxy) is 1. The Kier molecular flexibility index (Phi) is 4.25. The quantitative estimate of drug-likeness (QED) is 0.690. The van der Waals surface area contributed by atoms with Crippen LogP contribution in [0.3, 0.4) is 0 Å². The summed E-state index contributed by atoms with van der Waals surface area (Å²) in [6, 6.07) is 0. The number of aromatic nitrogens is 1. The molecule has 1 aromatic rings. The van der Waals surface area contributed by atoms with Gasteiger partial charge >= 0.3 is 0 Å². The average Bonchev–Trinajstić information content (AvgIpc) is 2.50. The molecule has 4 heteroatoms. The first kappa shape index (κ1) is 10.5. The molecule has 0 aliphatic heterocycles. The van der Waals surface area contributed by atoms with Crippen LogP contribution in [0.5, 0.6) is 0 Å². The molecule has 1 heterocycles. The molecule has 0 N–H and O–H groups in total. The minimum Gasteiger partial charge on any atom is -0.443 e. The van der Waals surface area contributed by atoms with Crippen molar-refractivity contribution < 1.29 is 9.15 Å². The second-order valence-corrected chi connectivity index (χ2v) is 3.40. The van der Waals surface area contributed by atoms with Gasteiger partial charge in [-0.15, -0.1) is 11.6 Å². The van der Waals surface area contributed by atoms with Crippen LogP contribution in [-0.2, 0) is 17.8 Å². The smallest absolute Gasteiger partial charge is 0.195 e. The molecule has 0 saturated heterocycles. The zero-order valence-corrected chi connectivity index (χ0v) is 8.67. The van der Waals surface area contributed by atoms with Crippen LogP contribution >= 0.6 is 11.6 Å². The van der Waals surface area contributed by atoms with Crippen LogP contribution in [0.4, 0.5) is 0 Å². The maximum Gasteiger partial charge on any atom is 0.195 e. The first-order chi connectivity index (χ1) is 6.22. The maximum atomic E-state index is 5.54. The highest BCUT2D eigenvalue weighted by atomic mass is 35.5. The molecule has 74 valence electrons. The average molecular weight is 204 g/mol. The maximum absolute atomic E-state index is 5.54. The standard InChI is InChI=1S/C9H14ClNO2/c1-7(2)12-6-8-5-11-9(13-8)3-4-10/h5,7H,3-4,6H2,1-2H3. The number of alkyl halides is 1. The minimum absolute atomic E-state index is 0.210. The molecule has 0 aliphatic carbocycles. The number of nitrogens with zero attached hydrogens (tertiary/aromatic N) is 1. The van der Waals surface area contributed by atoms with E-state index < -0.39 is 0 Å². The Bertz CT molecular complexity index is 248. The molecule has 0 radical (unpaired) electrons. The molecule has 3 nitrogen and oxygen atoms in total. The van der Waals surface area contributed by atoms with Crippen molar-refractivity contribution in [3.05, 3.63) is 17.8 Å². The van der Waals surface area contributed by atoms with E-state index in [0.29, 0.717) is 24.8 Å². The number of hydrogen-bond donors (Lipinski definition) is 0. The predicted molar refractivity (Wildman–Crippen MR) is 50.9 cm³/mol. The van der Waals surface area contributed by atoms with Crippen LogP contribution in [0.1, 0.15) is 25.5 Å². The lowest BCUT2D eigenvalue weighted by Crippen LogP contribution is -2.01. The highest BCUT2D eigenvalue weighted by Crippen LogP contribution is 2.07. The van der Waals surface area contributed by atoms with Crippen molar-refractivity contribution in [3.8, 4) is 0 Å². The number of hydrogen-bond acceptors (Lipinski definition) is 3. The monoisotopic (exact) mass is 203 g/mol. The molecule has 0 amide bonds. The molecule has 0 unspecified atom stereocenters. The van der Waals surface area contributed by atoms with E-state index in [-0.39, 0.29) is 6.10 Å². The normalized spacial score (nSPS) is 11.1. The van der Waals surface area contributed by atoms with Gasteiger partial charge in [0.1, 0.15) is 12.4 Å². The zero-order chi connectivity index (χ0) is 9.68. The summed E-state index contributed by atoms with van der Waals surface area (Å²) in [4.78, 5) is 4.05. The Hall–Kier alpha value is -0.540. The molecule has 1 aromatic heterocycles. The van der Waals surface area contributed by atoms with Gasteiger partial charge < -0.3 is 9.15 Å². The van der Waals surface area contributed by atoms with E-state index in [2.05, 4.69) is 4.98 Å². The highest BCUT2D eigenvalue weighted by molar-refractivity contribution is 6.17. The zero-order valence-electron chi connectivity index (χ0n) is 7.92. The topological polar surface area (TPSA) is 35.3 Å². The Labute approximate surface area is 83.1 Å². The lowest BCUT2D eigenvalue weighted by Gasteiger charge is -2.03. The van der Waals surface area contributed by atoms with Gasteiger partial charge in [0, 0.05) is 12.3 Å². The highest BCUT2D eigenvalue weighted by Gasteiger charge is 2.03. The van der Waals surface area contributed by atoms with Crippen molar-refractivity contribution >= 4 is 11.6 Å². The molecule has 13 heavy (non-hydrogen) atoms. The van der Waals surface area contributed by atoms with Crippen molar-refractivity contribution in [1.82, 2.24) is 4.98 Å². The van der Waals surface area contributed by atoms with E-state index >= 15 is 0 Å². The van der Waals surface area contributed by atoms with Crippen molar-refractivity contribution in [2.75, 3.05) is 5.88 Å². The van der Waals surface area contributed by atoms with Crippen LogP contribution in [0.15, 0.2) is 10.6 Å². The van der Waals surface area contributed by atoms with Crippen molar-refractivity contribution in [2.24, 2.45) is 0 Å². The minimum atomic E-state index is 0.210. The van der Waals surface area contributed by atoms with Gasteiger partial charge in [0.25, 0.3) is 0 Å². The summed E-state index contributed by atoms with van der Waals surface area (Å²) < 4.78 is 10.7. The molecule has 0 aliphatic rings. The van der Waals surface area contributed by atoms with Crippen LogP contribution in [0.25, 0.3) is 0 Å². The van der Waals surface area contributed by atoms with Gasteiger partial charge in [-0.3, -0.25) is 0 Å². The first-order valence-corrected chi connectivity index (χ1v) is 4.87. The third-order valence-corrected chi connectivity index (χ3v) is 1.66. The van der Waals surface area contributed by atoms with Crippen molar-refractivity contribution in [3.63, 3.8) is 0 Å². The summed E-state index contributed by atoms with van der Waals surface area (Å²) in [5.41, 5.74) is 0. The fraction of sp³-hybridized carbons (Fsp3) is 0.667. The molecule has 0 atom stereocenters. The van der Waals surface area contributed by atoms with Crippen LogP contribution in [0.2, 0.25) is 0 Å². The lowest BCUT2D eigenvalue weighted by atomic mass is 10.5. The van der Waals surface area contributed by atoms with Gasteiger partial charge in [0.05, 0.1) is 12.3 Å². The molecular formula is C9H14ClNO2. The summed E-state index contributed by atoms with van der Waals surface area (Å²) in [6.07, 6.45) is 2.56. The van der Waals surface area contributed by atoms with Crippen LogP contribution in [0, 0.1) is 0 Å². The summed E-state index contributed by atoms with van der Waals surface area (Å²) >= 11 is 5.54. The summed E-state index contributed by atoms with van der Waals surface area (Å²) in [7, 11) is 0. The molecule has 1 rings (SSSR count). The molecule has 0 fully saturated rings. The van der Waals surface area contributed by atoms with Crippen LogP contribution < -0.4 is 0 Å². The Morgan fingerprint density at radius 2 is 2.38 bits per heavy atom. The van der Waals surface area contributed by atoms with E-state index in [0.717, 1.165) is 5.76 Å². The number of aryl methyl sites for hydroxylation is 1. The fourth-order valence-electron chi connectivity index (χ4n) is 0.860. The number of oxazole rings is 1. The fourth-order valence-corrected chi connectivity index (χ4v) is 1.02. The van der Waals surface area contributed by atoms with Gasteiger partial charge in [0.15, 0.2) is 5.89 Å². The summed E-state index contributed by atoms with van der Waals surface area (Å²) in [6.45, 7) is 4.44. The third kappa shape index (κ3) is 3.79. The van der Waals surface area contributed by atoms with E-state index in [9.17, 15) is 0 Å². The predicted octanol–water partition coefficient (Wildman–Crippen LogP) is 2.38. The van der Waals surface area contributed by atoms with E-state index in [1.54, 1.807) is 6.20 Å². The van der Waals surface area contributed by atoms with Gasteiger partial charge in [-0.2, -0.15) is 0 Å². The van der Waals surface area contributed by atoms with E-state index in [4.69, 9.17) is 20.8 Å². The van der Waals surface area contributed by atoms with Crippen molar-refractivity contribution in [2.45, 2.75) is 33.0 Å². The Morgan fingerprint density at radius 3 is 3.00 bits per heavy atom. The van der Waals surface area contributed by atoms with Crippen LogP contribution in [-0.4, -0.2) is 17.0 Å². The third-order valence-electron chi connectivity index (χ3n) is 1.47. The van der Waals surface area contributed by atoms with E-state index in [1.165, 1.54) is 0 Å². The van der Waals surface area contributed by atoms with Crippen molar-refractivity contribution in [1.29, 1.82) is 0 Å². The molecular weight excluding hydrogens is 190 g/mol. The largest absolute Gasteiger partial charge is 0.443 e. The molecule has 0 bridgehead atoms. The molecule has 0 saturated carbocycles. The lowest BCUT2D eigenvalue weighted by molar-refractivity contribution is 0.0539.